The molecule has 1 aliphatic rings. The Labute approximate surface area is 122 Å². The molecule has 0 aromatic carbocycles. The Hall–Kier alpha value is -2.15. The van der Waals surface area contributed by atoms with Crippen LogP contribution >= 0.6 is 0 Å². The summed E-state index contributed by atoms with van der Waals surface area (Å²) in [6.07, 6.45) is 4.70. The molecule has 2 aromatic heterocycles. The van der Waals surface area contributed by atoms with Crippen LogP contribution in [0, 0.1) is 0 Å². The third kappa shape index (κ3) is 2.82. The van der Waals surface area contributed by atoms with Gasteiger partial charge in [-0.1, -0.05) is 0 Å². The lowest BCUT2D eigenvalue weighted by Crippen LogP contribution is -2.35. The van der Waals surface area contributed by atoms with Crippen molar-refractivity contribution >= 4 is 5.95 Å². The number of H-pyrrole nitrogens is 1. The Morgan fingerprint density at radius 2 is 2.29 bits per heavy atom. The first-order valence-electron chi connectivity index (χ1n) is 7.16. The van der Waals surface area contributed by atoms with Gasteiger partial charge in [-0.05, 0) is 13.8 Å². The highest BCUT2D eigenvalue weighted by Crippen LogP contribution is 2.17. The van der Waals surface area contributed by atoms with E-state index in [1.54, 1.807) is 0 Å². The molecule has 7 nitrogen and oxygen atoms in total. The molecule has 21 heavy (non-hydrogen) atoms. The molecule has 0 spiro atoms. The quantitative estimate of drug-likeness (QED) is 0.866. The standard InChI is InChI=1S/C14H20N6O/c1-9(2)20-7-10(5-16-20)6-19-4-3-12-11(8-19)13(21)18-14(15)17-12/h5,7,9H,3-4,6,8H2,1-2H3,(H3,15,17,18,21). The first kappa shape index (κ1) is 13.8. The highest BCUT2D eigenvalue weighted by Gasteiger charge is 2.21. The number of aromatic amines is 1. The summed E-state index contributed by atoms with van der Waals surface area (Å²) in [4.78, 5) is 21.0. The van der Waals surface area contributed by atoms with Crippen molar-refractivity contribution in [1.82, 2.24) is 24.6 Å². The van der Waals surface area contributed by atoms with Gasteiger partial charge in [-0.3, -0.25) is 19.4 Å². The third-order valence-electron chi connectivity index (χ3n) is 3.76. The molecule has 3 heterocycles. The van der Waals surface area contributed by atoms with Crippen LogP contribution in [0.3, 0.4) is 0 Å². The summed E-state index contributed by atoms with van der Waals surface area (Å²) in [6.45, 7) is 6.46. The van der Waals surface area contributed by atoms with Crippen LogP contribution in [0.25, 0.3) is 0 Å². The molecule has 0 saturated heterocycles. The van der Waals surface area contributed by atoms with Gasteiger partial charge in [0.05, 0.1) is 17.5 Å². The number of hydrogen-bond donors (Lipinski definition) is 2. The molecule has 0 amide bonds. The smallest absolute Gasteiger partial charge is 0.257 e. The average Bonchev–Trinajstić information content (AvgIpc) is 2.88. The molecule has 0 atom stereocenters. The molecule has 112 valence electrons. The van der Waals surface area contributed by atoms with E-state index in [1.807, 2.05) is 10.9 Å². The molecule has 3 N–H and O–H groups in total. The number of fused-ring (bicyclic) bond motifs is 1. The van der Waals surface area contributed by atoms with Gasteiger partial charge >= 0.3 is 0 Å². The highest BCUT2D eigenvalue weighted by atomic mass is 16.1. The Morgan fingerprint density at radius 1 is 1.48 bits per heavy atom. The molecule has 0 radical (unpaired) electrons. The van der Waals surface area contributed by atoms with Crippen molar-refractivity contribution in [2.45, 2.75) is 39.4 Å². The average molecular weight is 288 g/mol. The summed E-state index contributed by atoms with van der Waals surface area (Å²) >= 11 is 0. The number of aromatic nitrogens is 4. The number of rotatable bonds is 3. The minimum atomic E-state index is -0.125. The summed E-state index contributed by atoms with van der Waals surface area (Å²) in [6, 6.07) is 0.357. The molecule has 0 bridgehead atoms. The zero-order chi connectivity index (χ0) is 15.0. The first-order valence-corrected chi connectivity index (χ1v) is 7.16. The van der Waals surface area contributed by atoms with E-state index in [9.17, 15) is 4.79 Å². The number of nitrogens with one attached hydrogen (secondary N) is 1. The van der Waals surface area contributed by atoms with Gasteiger partial charge in [-0.15, -0.1) is 0 Å². The second kappa shape index (κ2) is 5.33. The molecular weight excluding hydrogens is 268 g/mol. The van der Waals surface area contributed by atoms with Crippen LogP contribution in [0.1, 0.15) is 36.7 Å². The Kier molecular flexibility index (Phi) is 3.50. The van der Waals surface area contributed by atoms with E-state index in [-0.39, 0.29) is 11.5 Å². The fourth-order valence-corrected chi connectivity index (χ4v) is 2.63. The van der Waals surface area contributed by atoms with Gasteiger partial charge in [0.1, 0.15) is 0 Å². The van der Waals surface area contributed by atoms with Crippen molar-refractivity contribution in [1.29, 1.82) is 0 Å². The normalized spacial score (nSPS) is 15.4. The highest BCUT2D eigenvalue weighted by molar-refractivity contribution is 5.27. The predicted octanol–water partition coefficient (Wildman–Crippen LogP) is 0.688. The van der Waals surface area contributed by atoms with E-state index in [2.05, 4.69) is 40.0 Å². The SMILES string of the molecule is CC(C)n1cc(CN2CCc3nc(N)[nH]c(=O)c3C2)cn1. The van der Waals surface area contributed by atoms with Crippen LogP contribution < -0.4 is 11.3 Å². The van der Waals surface area contributed by atoms with Gasteiger partial charge in [0.2, 0.25) is 5.95 Å². The van der Waals surface area contributed by atoms with Gasteiger partial charge in [0, 0.05) is 43.9 Å². The number of anilines is 1. The van der Waals surface area contributed by atoms with Gasteiger partial charge in [0.25, 0.3) is 5.56 Å². The molecule has 0 unspecified atom stereocenters. The van der Waals surface area contributed by atoms with Crippen LogP contribution in [0.2, 0.25) is 0 Å². The lowest BCUT2D eigenvalue weighted by Gasteiger charge is -2.26. The second-order valence-electron chi connectivity index (χ2n) is 5.76. The molecule has 2 aromatic rings. The third-order valence-corrected chi connectivity index (χ3v) is 3.76. The van der Waals surface area contributed by atoms with E-state index in [4.69, 9.17) is 5.73 Å². The van der Waals surface area contributed by atoms with E-state index in [1.165, 1.54) is 0 Å². The van der Waals surface area contributed by atoms with Crippen LogP contribution in [0.4, 0.5) is 5.95 Å². The van der Waals surface area contributed by atoms with Gasteiger partial charge in [0.15, 0.2) is 0 Å². The van der Waals surface area contributed by atoms with E-state index in [0.29, 0.717) is 12.6 Å². The molecule has 3 rings (SSSR count). The maximum Gasteiger partial charge on any atom is 0.257 e. The zero-order valence-electron chi connectivity index (χ0n) is 12.3. The molecule has 1 aliphatic heterocycles. The lowest BCUT2D eigenvalue weighted by molar-refractivity contribution is 0.242. The molecule has 0 saturated carbocycles. The van der Waals surface area contributed by atoms with Crippen molar-refractivity contribution in [3.63, 3.8) is 0 Å². The summed E-state index contributed by atoms with van der Waals surface area (Å²) in [7, 11) is 0. The van der Waals surface area contributed by atoms with Crippen molar-refractivity contribution in [2.24, 2.45) is 0 Å². The zero-order valence-corrected chi connectivity index (χ0v) is 12.3. The van der Waals surface area contributed by atoms with Crippen molar-refractivity contribution < 1.29 is 0 Å². The Morgan fingerprint density at radius 3 is 3.00 bits per heavy atom. The minimum absolute atomic E-state index is 0.125. The monoisotopic (exact) mass is 288 g/mol. The Balaban J connectivity index is 1.75. The van der Waals surface area contributed by atoms with Crippen LogP contribution in [-0.4, -0.2) is 31.2 Å². The summed E-state index contributed by atoms with van der Waals surface area (Å²) in [5, 5.41) is 4.35. The molecule has 0 aliphatic carbocycles. The summed E-state index contributed by atoms with van der Waals surface area (Å²) in [5.41, 5.74) is 8.17. The lowest BCUT2D eigenvalue weighted by atomic mass is 10.1. The van der Waals surface area contributed by atoms with E-state index >= 15 is 0 Å². The predicted molar refractivity (Wildman–Crippen MR) is 79.7 cm³/mol. The fraction of sp³-hybridized carbons (Fsp3) is 0.500. The molecule has 7 heteroatoms. The molecular formula is C14H20N6O. The second-order valence-corrected chi connectivity index (χ2v) is 5.76. The maximum absolute atomic E-state index is 12.0. The number of nitrogen functional groups attached to an aromatic ring is 1. The van der Waals surface area contributed by atoms with Crippen LogP contribution in [0.15, 0.2) is 17.2 Å². The fourth-order valence-electron chi connectivity index (χ4n) is 2.63. The van der Waals surface area contributed by atoms with Crippen molar-refractivity contribution in [2.75, 3.05) is 12.3 Å². The van der Waals surface area contributed by atoms with Gasteiger partial charge in [-0.25, -0.2) is 4.98 Å². The van der Waals surface area contributed by atoms with Crippen molar-refractivity contribution in [3.05, 3.63) is 39.6 Å². The minimum Gasteiger partial charge on any atom is -0.369 e. The summed E-state index contributed by atoms with van der Waals surface area (Å²) < 4.78 is 1.95. The van der Waals surface area contributed by atoms with Crippen LogP contribution in [0.5, 0.6) is 0 Å². The van der Waals surface area contributed by atoms with Gasteiger partial charge < -0.3 is 5.73 Å². The first-order chi connectivity index (χ1) is 10.0. The molecule has 0 fully saturated rings. The summed E-state index contributed by atoms with van der Waals surface area (Å²) in [5.74, 6) is 0.199. The van der Waals surface area contributed by atoms with Crippen LogP contribution in [-0.2, 0) is 19.5 Å². The van der Waals surface area contributed by atoms with Gasteiger partial charge in [-0.2, -0.15) is 5.10 Å². The topological polar surface area (TPSA) is 92.8 Å². The van der Waals surface area contributed by atoms with E-state index in [0.717, 1.165) is 36.3 Å². The number of nitrogens with two attached hydrogens (primary N) is 1. The maximum atomic E-state index is 12.0. The Bertz CT molecular complexity index is 702. The largest absolute Gasteiger partial charge is 0.369 e. The number of nitrogens with zero attached hydrogens (tertiary/aromatic N) is 4. The van der Waals surface area contributed by atoms with Crippen molar-refractivity contribution in [3.8, 4) is 0 Å². The van der Waals surface area contributed by atoms with E-state index < -0.39 is 0 Å². The number of hydrogen-bond acceptors (Lipinski definition) is 5.